The molecular weight excluding hydrogens is 268 g/mol. The molecule has 0 aliphatic carbocycles. The summed E-state index contributed by atoms with van der Waals surface area (Å²) in [5, 5.41) is 14.4. The third-order valence-corrected chi connectivity index (χ3v) is 3.21. The van der Waals surface area contributed by atoms with Crippen molar-refractivity contribution in [1.82, 2.24) is 5.32 Å². The van der Waals surface area contributed by atoms with E-state index < -0.39 is 5.97 Å². The maximum atomic E-state index is 11.9. The summed E-state index contributed by atoms with van der Waals surface area (Å²) in [5.41, 5.74) is 1.74. The number of nitrogens with one attached hydrogen (secondary N) is 2. The minimum absolute atomic E-state index is 0.0508. The van der Waals surface area contributed by atoms with Crippen LogP contribution in [0.25, 0.3) is 0 Å². The number of urea groups is 1. The summed E-state index contributed by atoms with van der Waals surface area (Å²) in [6.07, 6.45) is 0.847. The standard InChI is InChI=1S/C16H24N2O3/c1-11(2)8-13(9-15(19)20)10-17-16(21)18-14-7-5-4-6-12(14)3/h4-7,11,13H,8-10H2,1-3H3,(H,19,20)(H2,17,18,21)/t13-/m0/s1. The number of benzene rings is 1. The molecule has 116 valence electrons. The van der Waals surface area contributed by atoms with E-state index in [0.29, 0.717) is 12.5 Å². The van der Waals surface area contributed by atoms with Gasteiger partial charge in [0.05, 0.1) is 0 Å². The second-order valence-electron chi connectivity index (χ2n) is 5.74. The molecule has 0 unspecified atom stereocenters. The predicted octanol–water partition coefficient (Wildman–Crippen LogP) is 3.25. The zero-order chi connectivity index (χ0) is 15.8. The average molecular weight is 292 g/mol. The molecule has 1 atom stereocenters. The molecule has 1 aromatic rings. The summed E-state index contributed by atoms with van der Waals surface area (Å²) in [5.74, 6) is -0.484. The normalized spacial score (nSPS) is 12.0. The van der Waals surface area contributed by atoms with E-state index in [1.54, 1.807) is 0 Å². The number of carbonyl (C=O) groups is 2. The number of para-hydroxylation sites is 1. The molecule has 0 bridgehead atoms. The van der Waals surface area contributed by atoms with Crippen LogP contribution in [0.1, 0.15) is 32.3 Å². The Balaban J connectivity index is 2.49. The molecule has 0 aliphatic rings. The molecular formula is C16H24N2O3. The molecule has 21 heavy (non-hydrogen) atoms. The Hall–Kier alpha value is -2.04. The lowest BCUT2D eigenvalue weighted by molar-refractivity contribution is -0.138. The number of rotatable bonds is 7. The van der Waals surface area contributed by atoms with Crippen LogP contribution >= 0.6 is 0 Å². The van der Waals surface area contributed by atoms with E-state index >= 15 is 0 Å². The van der Waals surface area contributed by atoms with Gasteiger partial charge < -0.3 is 15.7 Å². The first kappa shape index (κ1) is 17.0. The molecule has 1 rings (SSSR count). The Bertz CT molecular complexity index is 486. The molecule has 5 heteroatoms. The van der Waals surface area contributed by atoms with Gasteiger partial charge >= 0.3 is 12.0 Å². The van der Waals surface area contributed by atoms with Crippen LogP contribution in [0.2, 0.25) is 0 Å². The quantitative estimate of drug-likeness (QED) is 0.721. The van der Waals surface area contributed by atoms with Gasteiger partial charge in [-0.3, -0.25) is 4.79 Å². The van der Waals surface area contributed by atoms with Gasteiger partial charge in [-0.15, -0.1) is 0 Å². The number of carbonyl (C=O) groups excluding carboxylic acids is 1. The number of aryl methyl sites for hydroxylation is 1. The van der Waals surface area contributed by atoms with Crippen LogP contribution in [0.15, 0.2) is 24.3 Å². The van der Waals surface area contributed by atoms with Gasteiger partial charge in [0, 0.05) is 18.7 Å². The lowest BCUT2D eigenvalue weighted by atomic mass is 9.94. The van der Waals surface area contributed by atoms with Gasteiger partial charge in [0.15, 0.2) is 0 Å². The van der Waals surface area contributed by atoms with E-state index in [0.717, 1.165) is 17.7 Å². The largest absolute Gasteiger partial charge is 0.481 e. The maximum Gasteiger partial charge on any atom is 0.319 e. The Morgan fingerprint density at radius 3 is 2.48 bits per heavy atom. The van der Waals surface area contributed by atoms with Crippen molar-refractivity contribution in [2.75, 3.05) is 11.9 Å². The summed E-state index contributed by atoms with van der Waals surface area (Å²) in [7, 11) is 0. The minimum atomic E-state index is -0.832. The van der Waals surface area contributed by atoms with E-state index in [1.165, 1.54) is 0 Å². The number of carboxylic acid groups (broad SMARTS) is 1. The Labute approximate surface area is 125 Å². The van der Waals surface area contributed by atoms with Crippen molar-refractivity contribution in [2.45, 2.75) is 33.6 Å². The van der Waals surface area contributed by atoms with E-state index in [2.05, 4.69) is 10.6 Å². The molecule has 1 aromatic carbocycles. The summed E-state index contributed by atoms with van der Waals surface area (Å²) in [4.78, 5) is 22.7. The first-order chi connectivity index (χ1) is 9.88. The van der Waals surface area contributed by atoms with E-state index in [-0.39, 0.29) is 18.4 Å². The van der Waals surface area contributed by atoms with Crippen LogP contribution in [0, 0.1) is 18.8 Å². The summed E-state index contributed by atoms with van der Waals surface area (Å²) in [6.45, 7) is 6.37. The highest BCUT2D eigenvalue weighted by Gasteiger charge is 2.16. The van der Waals surface area contributed by atoms with Gasteiger partial charge in [-0.25, -0.2) is 4.79 Å². The molecule has 0 aliphatic heterocycles. The van der Waals surface area contributed by atoms with Crippen LogP contribution in [-0.2, 0) is 4.79 Å². The van der Waals surface area contributed by atoms with E-state index in [4.69, 9.17) is 5.11 Å². The fraction of sp³-hybridized carbons (Fsp3) is 0.500. The molecule has 0 heterocycles. The molecule has 2 amide bonds. The van der Waals surface area contributed by atoms with Crippen LogP contribution in [0.3, 0.4) is 0 Å². The van der Waals surface area contributed by atoms with Crippen molar-refractivity contribution < 1.29 is 14.7 Å². The smallest absolute Gasteiger partial charge is 0.319 e. The van der Waals surface area contributed by atoms with Crippen molar-refractivity contribution in [3.63, 3.8) is 0 Å². The minimum Gasteiger partial charge on any atom is -0.481 e. The molecule has 0 spiro atoms. The topological polar surface area (TPSA) is 78.4 Å². The van der Waals surface area contributed by atoms with Crippen LogP contribution in [0.5, 0.6) is 0 Å². The SMILES string of the molecule is Cc1ccccc1NC(=O)NC[C@H](CC(=O)O)CC(C)C. The first-order valence-electron chi connectivity index (χ1n) is 7.20. The fourth-order valence-corrected chi connectivity index (χ4v) is 2.27. The summed E-state index contributed by atoms with van der Waals surface area (Å²) >= 11 is 0. The maximum absolute atomic E-state index is 11.9. The van der Waals surface area contributed by atoms with Crippen LogP contribution < -0.4 is 10.6 Å². The van der Waals surface area contributed by atoms with Crippen molar-refractivity contribution >= 4 is 17.7 Å². The van der Waals surface area contributed by atoms with Gasteiger partial charge in [-0.05, 0) is 36.8 Å². The summed E-state index contributed by atoms with van der Waals surface area (Å²) < 4.78 is 0. The molecule has 0 saturated heterocycles. The van der Waals surface area contributed by atoms with Crippen LogP contribution in [0.4, 0.5) is 10.5 Å². The van der Waals surface area contributed by atoms with Gasteiger partial charge in [0.1, 0.15) is 0 Å². The van der Waals surface area contributed by atoms with Gasteiger partial charge in [-0.1, -0.05) is 32.0 Å². The van der Waals surface area contributed by atoms with Gasteiger partial charge in [0.2, 0.25) is 0 Å². The molecule has 3 N–H and O–H groups in total. The summed E-state index contributed by atoms with van der Waals surface area (Å²) in [6, 6.07) is 7.21. The lowest BCUT2D eigenvalue weighted by Crippen LogP contribution is -2.34. The highest BCUT2D eigenvalue weighted by atomic mass is 16.4. The van der Waals surface area contributed by atoms with Gasteiger partial charge in [-0.2, -0.15) is 0 Å². The number of amides is 2. The van der Waals surface area contributed by atoms with Crippen molar-refractivity contribution in [3.05, 3.63) is 29.8 Å². The Kier molecular flexibility index (Phi) is 6.72. The molecule has 0 fully saturated rings. The molecule has 5 nitrogen and oxygen atoms in total. The molecule has 0 saturated carbocycles. The van der Waals surface area contributed by atoms with Crippen molar-refractivity contribution in [1.29, 1.82) is 0 Å². The third-order valence-electron chi connectivity index (χ3n) is 3.21. The van der Waals surface area contributed by atoms with Crippen LogP contribution in [-0.4, -0.2) is 23.7 Å². The first-order valence-corrected chi connectivity index (χ1v) is 7.20. The zero-order valence-electron chi connectivity index (χ0n) is 12.8. The lowest BCUT2D eigenvalue weighted by Gasteiger charge is -2.18. The molecule has 0 radical (unpaired) electrons. The Morgan fingerprint density at radius 1 is 1.24 bits per heavy atom. The number of hydrogen-bond donors (Lipinski definition) is 3. The van der Waals surface area contributed by atoms with E-state index in [1.807, 2.05) is 45.0 Å². The second kappa shape index (κ2) is 8.29. The second-order valence-corrected chi connectivity index (χ2v) is 5.74. The van der Waals surface area contributed by atoms with Gasteiger partial charge in [0.25, 0.3) is 0 Å². The number of hydrogen-bond acceptors (Lipinski definition) is 2. The zero-order valence-corrected chi connectivity index (χ0v) is 12.8. The highest BCUT2D eigenvalue weighted by molar-refractivity contribution is 5.90. The predicted molar refractivity (Wildman–Crippen MR) is 83.4 cm³/mol. The molecule has 0 aromatic heterocycles. The van der Waals surface area contributed by atoms with Crippen molar-refractivity contribution in [2.24, 2.45) is 11.8 Å². The third kappa shape index (κ3) is 6.79. The average Bonchev–Trinajstić information content (AvgIpc) is 2.37. The van der Waals surface area contributed by atoms with E-state index in [9.17, 15) is 9.59 Å². The monoisotopic (exact) mass is 292 g/mol. The van der Waals surface area contributed by atoms with Crippen molar-refractivity contribution in [3.8, 4) is 0 Å². The number of carboxylic acids is 1. The number of aliphatic carboxylic acids is 1. The Morgan fingerprint density at radius 2 is 1.90 bits per heavy atom. The fourth-order valence-electron chi connectivity index (χ4n) is 2.27. The number of anilines is 1. The highest BCUT2D eigenvalue weighted by Crippen LogP contribution is 2.15.